The lowest BCUT2D eigenvalue weighted by Crippen LogP contribution is -2.32. The summed E-state index contributed by atoms with van der Waals surface area (Å²) < 4.78 is 13.6. The number of thioether (sulfide) groups is 1. The molecular formula is C18H14ClFN2O3S. The van der Waals surface area contributed by atoms with E-state index in [1.807, 2.05) is 0 Å². The molecule has 0 unspecified atom stereocenters. The van der Waals surface area contributed by atoms with Crippen LogP contribution in [0.25, 0.3) is 0 Å². The van der Waals surface area contributed by atoms with Gasteiger partial charge in [-0.3, -0.25) is 19.3 Å². The highest BCUT2D eigenvalue weighted by Gasteiger charge is 2.34. The van der Waals surface area contributed by atoms with Crippen LogP contribution < -0.4 is 5.32 Å². The normalized spacial score (nSPS) is 13.1. The molecule has 0 aromatic heterocycles. The first-order valence-electron chi connectivity index (χ1n) is 7.75. The predicted octanol–water partition coefficient (Wildman–Crippen LogP) is 3.45. The Morgan fingerprint density at radius 1 is 1.12 bits per heavy atom. The fourth-order valence-electron chi connectivity index (χ4n) is 2.54. The minimum Gasteiger partial charge on any atom is -0.323 e. The van der Waals surface area contributed by atoms with Crippen molar-refractivity contribution >= 4 is 46.8 Å². The summed E-state index contributed by atoms with van der Waals surface area (Å²) in [6.45, 7) is 0.204. The average molecular weight is 393 g/mol. The van der Waals surface area contributed by atoms with Gasteiger partial charge in [0.05, 0.1) is 22.6 Å². The zero-order chi connectivity index (χ0) is 18.7. The molecule has 0 fully saturated rings. The molecule has 3 amide bonds. The van der Waals surface area contributed by atoms with Crippen LogP contribution in [0.15, 0.2) is 42.5 Å². The average Bonchev–Trinajstić information content (AvgIpc) is 2.87. The molecule has 0 saturated heterocycles. The lowest BCUT2D eigenvalue weighted by Gasteiger charge is -2.13. The minimum absolute atomic E-state index is 0.0171. The minimum atomic E-state index is -0.571. The van der Waals surface area contributed by atoms with Crippen LogP contribution in [-0.2, 0) is 4.79 Å². The highest BCUT2D eigenvalue weighted by atomic mass is 35.5. The van der Waals surface area contributed by atoms with Gasteiger partial charge in [0.25, 0.3) is 11.8 Å². The van der Waals surface area contributed by atoms with E-state index < -0.39 is 11.7 Å². The van der Waals surface area contributed by atoms with Crippen molar-refractivity contribution in [2.24, 2.45) is 0 Å². The first kappa shape index (κ1) is 18.4. The lowest BCUT2D eigenvalue weighted by molar-refractivity contribution is -0.113. The molecule has 1 aliphatic rings. The van der Waals surface area contributed by atoms with Crippen LogP contribution in [0.1, 0.15) is 20.7 Å². The molecule has 26 heavy (non-hydrogen) atoms. The highest BCUT2D eigenvalue weighted by molar-refractivity contribution is 7.99. The summed E-state index contributed by atoms with van der Waals surface area (Å²) in [6, 6.07) is 10.6. The van der Waals surface area contributed by atoms with Crippen LogP contribution in [-0.4, -0.2) is 40.7 Å². The number of imide groups is 1. The second-order valence-corrected chi connectivity index (χ2v) is 7.07. The number of nitrogens with one attached hydrogen (secondary N) is 1. The number of rotatable bonds is 6. The fraction of sp³-hybridized carbons (Fsp3) is 0.167. The smallest absolute Gasteiger partial charge is 0.261 e. The monoisotopic (exact) mass is 392 g/mol. The number of benzene rings is 2. The number of anilines is 1. The van der Waals surface area contributed by atoms with Crippen molar-refractivity contribution in [2.45, 2.75) is 0 Å². The molecule has 5 nitrogen and oxygen atoms in total. The molecule has 3 rings (SSSR count). The third-order valence-electron chi connectivity index (χ3n) is 3.77. The third-order valence-corrected chi connectivity index (χ3v) is 4.95. The Morgan fingerprint density at radius 2 is 1.77 bits per heavy atom. The first-order valence-corrected chi connectivity index (χ1v) is 9.28. The van der Waals surface area contributed by atoms with Gasteiger partial charge in [-0.15, -0.1) is 0 Å². The number of halogens is 2. The van der Waals surface area contributed by atoms with Gasteiger partial charge in [-0.05, 0) is 30.3 Å². The van der Waals surface area contributed by atoms with Gasteiger partial charge < -0.3 is 5.32 Å². The van der Waals surface area contributed by atoms with Gasteiger partial charge in [0.2, 0.25) is 5.91 Å². The molecule has 0 atom stereocenters. The van der Waals surface area contributed by atoms with E-state index in [4.69, 9.17) is 11.6 Å². The standard InChI is InChI=1S/C18H14ClFN2O3S/c19-11-5-6-14(20)15(9-11)21-16(23)10-26-8-7-22-17(24)12-3-1-2-4-13(12)18(22)25/h1-6,9H,7-8,10H2,(H,21,23). The van der Waals surface area contributed by atoms with Crippen LogP contribution in [0.5, 0.6) is 0 Å². The van der Waals surface area contributed by atoms with Crippen molar-refractivity contribution < 1.29 is 18.8 Å². The van der Waals surface area contributed by atoms with Crippen molar-refractivity contribution in [2.75, 3.05) is 23.4 Å². The molecule has 0 spiro atoms. The predicted molar refractivity (Wildman–Crippen MR) is 99.2 cm³/mol. The van der Waals surface area contributed by atoms with Gasteiger partial charge in [0.15, 0.2) is 0 Å². The third kappa shape index (κ3) is 3.89. The Hall–Kier alpha value is -2.38. The van der Waals surface area contributed by atoms with Crippen molar-refractivity contribution in [3.8, 4) is 0 Å². The molecule has 1 heterocycles. The maximum atomic E-state index is 13.6. The van der Waals surface area contributed by atoms with E-state index >= 15 is 0 Å². The fourth-order valence-corrected chi connectivity index (χ4v) is 3.43. The number of hydrogen-bond acceptors (Lipinski definition) is 4. The van der Waals surface area contributed by atoms with E-state index in [9.17, 15) is 18.8 Å². The van der Waals surface area contributed by atoms with E-state index in [1.165, 1.54) is 34.9 Å². The van der Waals surface area contributed by atoms with Gasteiger partial charge in [-0.25, -0.2) is 4.39 Å². The van der Waals surface area contributed by atoms with E-state index in [0.29, 0.717) is 21.9 Å². The molecule has 8 heteroatoms. The number of nitrogens with zero attached hydrogens (tertiary/aromatic N) is 1. The number of amides is 3. The maximum Gasteiger partial charge on any atom is 0.261 e. The van der Waals surface area contributed by atoms with Gasteiger partial charge in [0.1, 0.15) is 5.82 Å². The molecule has 0 saturated carbocycles. The Kier molecular flexibility index (Phi) is 5.58. The summed E-state index contributed by atoms with van der Waals surface area (Å²) in [4.78, 5) is 37.5. The van der Waals surface area contributed by atoms with Crippen molar-refractivity contribution in [1.82, 2.24) is 4.90 Å². The van der Waals surface area contributed by atoms with Crippen molar-refractivity contribution in [1.29, 1.82) is 0 Å². The summed E-state index contributed by atoms with van der Waals surface area (Å²) in [5.41, 5.74) is 0.816. The van der Waals surface area contributed by atoms with Crippen molar-refractivity contribution in [3.05, 3.63) is 64.4 Å². The molecular weight excluding hydrogens is 379 g/mol. The Balaban J connectivity index is 1.47. The van der Waals surface area contributed by atoms with Crippen LogP contribution in [0.3, 0.4) is 0 Å². The Bertz CT molecular complexity index is 855. The van der Waals surface area contributed by atoms with E-state index in [0.717, 1.165) is 0 Å². The summed E-state index contributed by atoms with van der Waals surface area (Å²) in [7, 11) is 0. The number of carbonyl (C=O) groups excluding carboxylic acids is 3. The Morgan fingerprint density at radius 3 is 2.42 bits per heavy atom. The summed E-state index contributed by atoms with van der Waals surface area (Å²) in [5.74, 6) is -1.14. The molecule has 0 bridgehead atoms. The number of fused-ring (bicyclic) bond motifs is 1. The zero-order valence-corrected chi connectivity index (χ0v) is 15.1. The van der Waals surface area contributed by atoms with E-state index in [1.54, 1.807) is 24.3 Å². The summed E-state index contributed by atoms with van der Waals surface area (Å²) in [5, 5.41) is 2.76. The van der Waals surface area contributed by atoms with Crippen LogP contribution in [0.4, 0.5) is 10.1 Å². The molecule has 0 radical (unpaired) electrons. The van der Waals surface area contributed by atoms with Gasteiger partial charge in [0, 0.05) is 17.3 Å². The Labute approximate surface area is 158 Å². The topological polar surface area (TPSA) is 66.5 Å². The maximum absolute atomic E-state index is 13.6. The first-order chi connectivity index (χ1) is 12.5. The molecule has 1 aliphatic heterocycles. The highest BCUT2D eigenvalue weighted by Crippen LogP contribution is 2.23. The number of carbonyl (C=O) groups is 3. The van der Waals surface area contributed by atoms with Crippen LogP contribution >= 0.6 is 23.4 Å². The van der Waals surface area contributed by atoms with Gasteiger partial charge in [-0.1, -0.05) is 23.7 Å². The van der Waals surface area contributed by atoms with Gasteiger partial charge in [-0.2, -0.15) is 11.8 Å². The summed E-state index contributed by atoms with van der Waals surface area (Å²) in [6.07, 6.45) is 0. The van der Waals surface area contributed by atoms with E-state index in [-0.39, 0.29) is 29.8 Å². The summed E-state index contributed by atoms with van der Waals surface area (Å²) >= 11 is 7.02. The molecule has 2 aromatic rings. The SMILES string of the molecule is O=C(CSCCN1C(=O)c2ccccc2C1=O)Nc1cc(Cl)ccc1F. The molecule has 134 valence electrons. The molecule has 0 aliphatic carbocycles. The van der Waals surface area contributed by atoms with Gasteiger partial charge >= 0.3 is 0 Å². The largest absolute Gasteiger partial charge is 0.323 e. The number of hydrogen-bond donors (Lipinski definition) is 1. The molecule has 2 aromatic carbocycles. The quantitative estimate of drug-likeness (QED) is 0.604. The van der Waals surface area contributed by atoms with Crippen LogP contribution in [0.2, 0.25) is 5.02 Å². The second kappa shape index (κ2) is 7.88. The van der Waals surface area contributed by atoms with E-state index in [2.05, 4.69) is 5.32 Å². The van der Waals surface area contributed by atoms with Crippen LogP contribution in [0, 0.1) is 5.82 Å². The lowest BCUT2D eigenvalue weighted by atomic mass is 10.1. The molecule has 1 N–H and O–H groups in total. The second-order valence-electron chi connectivity index (χ2n) is 5.53. The van der Waals surface area contributed by atoms with Crippen molar-refractivity contribution in [3.63, 3.8) is 0 Å². The zero-order valence-electron chi connectivity index (χ0n) is 13.5.